The Kier molecular flexibility index (Phi) is 5.66. The highest BCUT2D eigenvalue weighted by atomic mass is 16.7. The van der Waals surface area contributed by atoms with Crippen LogP contribution < -0.4 is 4.74 Å². The molecule has 0 saturated carbocycles. The minimum atomic E-state index is -0.508. The van der Waals surface area contributed by atoms with Crippen molar-refractivity contribution in [3.63, 3.8) is 0 Å². The minimum absolute atomic E-state index is 0.0356. The molecule has 10 nitrogen and oxygen atoms in total. The largest absolute Gasteiger partial charge is 0.467 e. The van der Waals surface area contributed by atoms with Gasteiger partial charge in [-0.05, 0) is 25.0 Å². The van der Waals surface area contributed by atoms with Crippen LogP contribution in [0, 0.1) is 16.0 Å². The van der Waals surface area contributed by atoms with Gasteiger partial charge in [0.15, 0.2) is 12.6 Å². The maximum Gasteiger partial charge on any atom is 0.309 e. The topological polar surface area (TPSA) is 121 Å². The van der Waals surface area contributed by atoms with Gasteiger partial charge in [-0.3, -0.25) is 19.7 Å². The van der Waals surface area contributed by atoms with Crippen molar-refractivity contribution in [2.75, 3.05) is 19.9 Å². The molecule has 158 valence electrons. The van der Waals surface area contributed by atoms with Crippen LogP contribution in [0.1, 0.15) is 34.5 Å². The van der Waals surface area contributed by atoms with Crippen LogP contribution in [0.2, 0.25) is 0 Å². The molecule has 2 aliphatic heterocycles. The first kappa shape index (κ1) is 19.9. The first-order chi connectivity index (χ1) is 14.5. The van der Waals surface area contributed by atoms with E-state index in [4.69, 9.17) is 18.6 Å². The van der Waals surface area contributed by atoms with Gasteiger partial charge in [-0.2, -0.15) is 0 Å². The van der Waals surface area contributed by atoms with Gasteiger partial charge in [0.25, 0.3) is 11.6 Å². The number of carbonyl (C=O) groups is 2. The van der Waals surface area contributed by atoms with Gasteiger partial charge in [0.05, 0.1) is 23.7 Å². The molecule has 0 aliphatic carbocycles. The van der Waals surface area contributed by atoms with Gasteiger partial charge in [0, 0.05) is 36.3 Å². The standard InChI is InChI=1S/C20H20N2O8/c23-19(17-2-1-7-28-17)21-5-3-13(4-6-21)20(24)29-11-15-9-16(22(25)26)8-14-10-27-12-30-18(14)15/h1-2,7-9,13H,3-6,10-12H2. The average Bonchev–Trinajstić information content (AvgIpc) is 3.31. The number of benzene rings is 1. The Morgan fingerprint density at radius 2 is 2.07 bits per heavy atom. The number of amides is 1. The number of carbonyl (C=O) groups excluding carboxylic acids is 2. The molecule has 0 bridgehead atoms. The van der Waals surface area contributed by atoms with Crippen molar-refractivity contribution in [3.05, 3.63) is 57.5 Å². The summed E-state index contributed by atoms with van der Waals surface area (Å²) in [6.45, 7) is 0.945. The third-order valence-electron chi connectivity index (χ3n) is 5.20. The number of furan rings is 1. The van der Waals surface area contributed by atoms with Crippen molar-refractivity contribution < 1.29 is 33.1 Å². The predicted molar refractivity (Wildman–Crippen MR) is 101 cm³/mol. The summed E-state index contributed by atoms with van der Waals surface area (Å²) in [6, 6.07) is 6.00. The predicted octanol–water partition coefficient (Wildman–Crippen LogP) is 2.65. The summed E-state index contributed by atoms with van der Waals surface area (Å²) in [6.07, 6.45) is 2.39. The molecule has 0 atom stereocenters. The summed E-state index contributed by atoms with van der Waals surface area (Å²) in [5.74, 6) is -0.208. The lowest BCUT2D eigenvalue weighted by atomic mass is 9.97. The summed E-state index contributed by atoms with van der Waals surface area (Å²) < 4.78 is 21.2. The van der Waals surface area contributed by atoms with E-state index in [-0.39, 0.29) is 43.3 Å². The van der Waals surface area contributed by atoms with Crippen molar-refractivity contribution >= 4 is 17.6 Å². The van der Waals surface area contributed by atoms with Gasteiger partial charge in [-0.15, -0.1) is 0 Å². The SMILES string of the molecule is O=C(OCc1cc([N+](=O)[O-])cc2c1OCOC2)C1CCN(C(=O)c2ccco2)CC1. The fraction of sp³-hybridized carbons (Fsp3) is 0.400. The Balaban J connectivity index is 1.36. The second-order valence-electron chi connectivity index (χ2n) is 7.11. The Morgan fingerprint density at radius 1 is 1.27 bits per heavy atom. The molecule has 2 aliphatic rings. The second kappa shape index (κ2) is 8.54. The number of nitro groups is 1. The van der Waals surface area contributed by atoms with Crippen LogP contribution in [0.5, 0.6) is 5.75 Å². The fourth-order valence-corrected chi connectivity index (χ4v) is 3.63. The maximum atomic E-state index is 12.5. The lowest BCUT2D eigenvalue weighted by Gasteiger charge is -2.30. The van der Waals surface area contributed by atoms with Crippen LogP contribution in [-0.4, -0.2) is 41.6 Å². The Bertz CT molecular complexity index is 948. The van der Waals surface area contributed by atoms with E-state index in [0.29, 0.717) is 42.8 Å². The number of fused-ring (bicyclic) bond motifs is 1. The number of rotatable bonds is 5. The second-order valence-corrected chi connectivity index (χ2v) is 7.11. The number of ether oxygens (including phenoxy) is 3. The van der Waals surface area contributed by atoms with Gasteiger partial charge < -0.3 is 23.5 Å². The third kappa shape index (κ3) is 4.13. The number of esters is 1. The van der Waals surface area contributed by atoms with Crippen molar-refractivity contribution in [1.82, 2.24) is 4.90 Å². The van der Waals surface area contributed by atoms with E-state index in [2.05, 4.69) is 0 Å². The minimum Gasteiger partial charge on any atom is -0.467 e. The van der Waals surface area contributed by atoms with Gasteiger partial charge in [-0.1, -0.05) is 0 Å². The van der Waals surface area contributed by atoms with Crippen molar-refractivity contribution in [2.24, 2.45) is 5.92 Å². The Hall–Kier alpha value is -3.40. The molecule has 3 heterocycles. The number of non-ortho nitro benzene ring substituents is 1. The number of likely N-dealkylation sites (tertiary alicyclic amines) is 1. The van der Waals surface area contributed by atoms with Crippen LogP contribution in [0.15, 0.2) is 34.9 Å². The monoisotopic (exact) mass is 416 g/mol. The van der Waals surface area contributed by atoms with Gasteiger partial charge in [0.1, 0.15) is 12.4 Å². The molecule has 0 unspecified atom stereocenters. The summed E-state index contributed by atoms with van der Waals surface area (Å²) in [4.78, 5) is 37.1. The van der Waals surface area contributed by atoms with E-state index in [1.807, 2.05) is 0 Å². The van der Waals surface area contributed by atoms with Gasteiger partial charge in [0.2, 0.25) is 0 Å². The summed E-state index contributed by atoms with van der Waals surface area (Å²) >= 11 is 0. The molecular formula is C20H20N2O8. The zero-order valence-corrected chi connectivity index (χ0v) is 16.1. The highest BCUT2D eigenvalue weighted by Gasteiger charge is 2.30. The molecular weight excluding hydrogens is 396 g/mol. The van der Waals surface area contributed by atoms with E-state index in [9.17, 15) is 19.7 Å². The van der Waals surface area contributed by atoms with E-state index in [1.165, 1.54) is 18.4 Å². The van der Waals surface area contributed by atoms with E-state index < -0.39 is 10.9 Å². The van der Waals surface area contributed by atoms with Crippen molar-refractivity contribution in [1.29, 1.82) is 0 Å². The van der Waals surface area contributed by atoms with Crippen LogP contribution in [0.3, 0.4) is 0 Å². The van der Waals surface area contributed by atoms with Gasteiger partial charge in [-0.25, -0.2) is 0 Å². The number of nitro benzene ring substituents is 1. The average molecular weight is 416 g/mol. The van der Waals surface area contributed by atoms with Crippen LogP contribution in [0.4, 0.5) is 5.69 Å². The Morgan fingerprint density at radius 3 is 2.77 bits per heavy atom. The molecule has 10 heteroatoms. The lowest BCUT2D eigenvalue weighted by molar-refractivity contribution is -0.385. The summed E-state index contributed by atoms with van der Waals surface area (Å²) in [5.41, 5.74) is 0.867. The van der Waals surface area contributed by atoms with Crippen LogP contribution in [0.25, 0.3) is 0 Å². The summed E-state index contributed by atoms with van der Waals surface area (Å²) in [7, 11) is 0. The smallest absolute Gasteiger partial charge is 0.309 e. The molecule has 1 aromatic carbocycles. The quantitative estimate of drug-likeness (QED) is 0.414. The third-order valence-corrected chi connectivity index (χ3v) is 5.20. The molecule has 1 amide bonds. The van der Waals surface area contributed by atoms with Crippen LogP contribution in [-0.2, 0) is 27.5 Å². The van der Waals surface area contributed by atoms with E-state index in [1.54, 1.807) is 17.0 Å². The fourth-order valence-electron chi connectivity index (χ4n) is 3.63. The number of piperidine rings is 1. The molecule has 1 aromatic heterocycles. The molecule has 0 spiro atoms. The highest BCUT2D eigenvalue weighted by molar-refractivity contribution is 5.91. The number of hydrogen-bond acceptors (Lipinski definition) is 8. The van der Waals surface area contributed by atoms with Gasteiger partial charge >= 0.3 is 5.97 Å². The first-order valence-corrected chi connectivity index (χ1v) is 9.53. The van der Waals surface area contributed by atoms with E-state index in [0.717, 1.165) is 0 Å². The number of hydrogen-bond donors (Lipinski definition) is 0. The highest BCUT2D eigenvalue weighted by Crippen LogP contribution is 2.33. The Labute approximate surface area is 171 Å². The maximum absolute atomic E-state index is 12.5. The zero-order chi connectivity index (χ0) is 21.1. The number of nitrogens with zero attached hydrogens (tertiary/aromatic N) is 2. The molecule has 1 fully saturated rings. The normalized spacial score (nSPS) is 16.5. The molecule has 30 heavy (non-hydrogen) atoms. The summed E-state index contributed by atoms with van der Waals surface area (Å²) in [5, 5.41) is 11.2. The first-order valence-electron chi connectivity index (χ1n) is 9.53. The molecule has 2 aromatic rings. The van der Waals surface area contributed by atoms with Crippen molar-refractivity contribution in [2.45, 2.75) is 26.1 Å². The molecule has 0 N–H and O–H groups in total. The van der Waals surface area contributed by atoms with Crippen LogP contribution >= 0.6 is 0 Å². The lowest BCUT2D eigenvalue weighted by Crippen LogP contribution is -2.40. The van der Waals surface area contributed by atoms with E-state index >= 15 is 0 Å². The molecule has 1 saturated heterocycles. The molecule has 4 rings (SSSR count). The zero-order valence-electron chi connectivity index (χ0n) is 16.1. The molecule has 0 radical (unpaired) electrons. The van der Waals surface area contributed by atoms with Crippen molar-refractivity contribution in [3.8, 4) is 5.75 Å².